The number of ether oxygens (including phenoxy) is 1. The Morgan fingerprint density at radius 1 is 0.811 bits per heavy atom. The van der Waals surface area contributed by atoms with Crippen molar-refractivity contribution < 1.29 is 17.9 Å². The average molecular weight is 511 g/mol. The predicted molar refractivity (Wildman–Crippen MR) is 146 cm³/mol. The van der Waals surface area contributed by atoms with Gasteiger partial charge < -0.3 is 4.74 Å². The molecule has 0 atom stereocenters. The van der Waals surface area contributed by atoms with Crippen molar-refractivity contribution in [3.05, 3.63) is 77.7 Å². The van der Waals surface area contributed by atoms with Crippen LogP contribution in [-0.4, -0.2) is 6.61 Å². The smallest absolute Gasteiger partial charge is 0.201 e. The Morgan fingerprint density at radius 3 is 2.05 bits per heavy atom. The van der Waals surface area contributed by atoms with Gasteiger partial charge in [-0.25, -0.2) is 8.78 Å². The van der Waals surface area contributed by atoms with Crippen LogP contribution in [0, 0.1) is 41.1 Å². The van der Waals surface area contributed by atoms with Crippen LogP contribution in [0.25, 0.3) is 11.1 Å². The lowest BCUT2D eigenvalue weighted by Gasteiger charge is -2.36. The number of halogens is 3. The summed E-state index contributed by atoms with van der Waals surface area (Å²) in [7, 11) is 0. The standard InChI is InChI=1S/C33H41F3O/c1-3-7-23-10-14-25(15-11-23)26-16-12-24(13-17-26)8-5-6-9-27-18-19-28(22-30(27)34)29-20-21-31(37-4-2)33(36)32(29)35/h3,5,7-8,18-26H,4,6,9-17H2,1-2H3/b7-3+,8-5+. The zero-order valence-electron chi connectivity index (χ0n) is 22.3. The summed E-state index contributed by atoms with van der Waals surface area (Å²) in [5.41, 5.74) is 0.952. The highest BCUT2D eigenvalue weighted by molar-refractivity contribution is 5.65. The number of hydrogen-bond acceptors (Lipinski definition) is 1. The van der Waals surface area contributed by atoms with E-state index in [1.165, 1.54) is 69.6 Å². The van der Waals surface area contributed by atoms with Crippen molar-refractivity contribution in [3.8, 4) is 16.9 Å². The molecule has 200 valence electrons. The van der Waals surface area contributed by atoms with Gasteiger partial charge in [0.2, 0.25) is 5.82 Å². The maximum Gasteiger partial charge on any atom is 0.201 e. The highest BCUT2D eigenvalue weighted by Gasteiger charge is 2.29. The molecule has 4 heteroatoms. The molecule has 1 nitrogen and oxygen atoms in total. The summed E-state index contributed by atoms with van der Waals surface area (Å²) in [6, 6.07) is 7.46. The third-order valence-electron chi connectivity index (χ3n) is 8.46. The van der Waals surface area contributed by atoms with Crippen molar-refractivity contribution >= 4 is 0 Å². The van der Waals surface area contributed by atoms with E-state index in [0.29, 0.717) is 23.5 Å². The zero-order chi connectivity index (χ0) is 26.2. The fourth-order valence-electron chi connectivity index (χ4n) is 6.36. The van der Waals surface area contributed by atoms with Crippen LogP contribution in [0.5, 0.6) is 5.75 Å². The minimum atomic E-state index is -1.04. The van der Waals surface area contributed by atoms with Gasteiger partial charge in [-0.3, -0.25) is 0 Å². The molecule has 2 fully saturated rings. The maximum absolute atomic E-state index is 14.8. The van der Waals surface area contributed by atoms with Crippen molar-refractivity contribution in [2.75, 3.05) is 6.61 Å². The van der Waals surface area contributed by atoms with Gasteiger partial charge in [0, 0.05) is 5.56 Å². The van der Waals surface area contributed by atoms with Crippen LogP contribution in [0.4, 0.5) is 13.2 Å². The third kappa shape index (κ3) is 7.09. The van der Waals surface area contributed by atoms with Gasteiger partial charge in [0.25, 0.3) is 0 Å². The highest BCUT2D eigenvalue weighted by atomic mass is 19.2. The number of hydrogen-bond donors (Lipinski definition) is 0. The number of benzene rings is 2. The molecule has 2 aromatic carbocycles. The molecule has 0 radical (unpaired) electrons. The van der Waals surface area contributed by atoms with Crippen LogP contribution in [0.3, 0.4) is 0 Å². The van der Waals surface area contributed by atoms with E-state index < -0.39 is 11.6 Å². The summed E-state index contributed by atoms with van der Waals surface area (Å²) in [5.74, 6) is 0.690. The second-order valence-corrected chi connectivity index (χ2v) is 10.8. The van der Waals surface area contributed by atoms with E-state index in [4.69, 9.17) is 4.74 Å². The molecule has 0 unspecified atom stereocenters. The number of allylic oxidation sites excluding steroid dienone is 4. The molecule has 2 saturated carbocycles. The van der Waals surface area contributed by atoms with Crippen LogP contribution in [0.15, 0.2) is 54.6 Å². The van der Waals surface area contributed by atoms with E-state index in [0.717, 1.165) is 24.2 Å². The summed E-state index contributed by atoms with van der Waals surface area (Å²) in [4.78, 5) is 0. The van der Waals surface area contributed by atoms with Crippen molar-refractivity contribution in [2.24, 2.45) is 23.7 Å². The van der Waals surface area contributed by atoms with Crippen LogP contribution in [0.2, 0.25) is 0 Å². The predicted octanol–water partition coefficient (Wildman–Crippen LogP) is 9.85. The molecular formula is C33H41F3O. The molecule has 0 spiro atoms. The topological polar surface area (TPSA) is 9.23 Å². The van der Waals surface area contributed by atoms with Gasteiger partial charge in [0.15, 0.2) is 11.6 Å². The van der Waals surface area contributed by atoms with E-state index in [9.17, 15) is 13.2 Å². The minimum Gasteiger partial charge on any atom is -0.491 e. The molecule has 0 amide bonds. The third-order valence-corrected chi connectivity index (χ3v) is 8.46. The van der Waals surface area contributed by atoms with E-state index in [-0.39, 0.29) is 23.7 Å². The Labute approximate surface area is 220 Å². The monoisotopic (exact) mass is 510 g/mol. The van der Waals surface area contributed by atoms with Gasteiger partial charge >= 0.3 is 0 Å². The molecule has 0 aromatic heterocycles. The van der Waals surface area contributed by atoms with Crippen LogP contribution < -0.4 is 4.74 Å². The lowest BCUT2D eigenvalue weighted by molar-refractivity contribution is 0.166. The van der Waals surface area contributed by atoms with Crippen LogP contribution in [-0.2, 0) is 6.42 Å². The SMILES string of the molecule is C/C=C/C1CCC(C2CCC(/C=C/CCc3ccc(-c4ccc(OCC)c(F)c4F)cc3F)CC2)CC1. The van der Waals surface area contributed by atoms with Gasteiger partial charge in [-0.1, -0.05) is 36.4 Å². The first-order chi connectivity index (χ1) is 18.0. The van der Waals surface area contributed by atoms with E-state index in [2.05, 4.69) is 31.2 Å². The van der Waals surface area contributed by atoms with Gasteiger partial charge in [-0.05, 0) is 131 Å². The maximum atomic E-state index is 14.8. The number of rotatable bonds is 9. The van der Waals surface area contributed by atoms with Crippen LogP contribution in [0.1, 0.15) is 77.2 Å². The second kappa shape index (κ2) is 13.3. The summed E-state index contributed by atoms with van der Waals surface area (Å²) >= 11 is 0. The second-order valence-electron chi connectivity index (χ2n) is 10.8. The lowest BCUT2D eigenvalue weighted by atomic mass is 9.69. The Balaban J connectivity index is 1.24. The first-order valence-corrected chi connectivity index (χ1v) is 14.2. The molecule has 0 saturated heterocycles. The van der Waals surface area contributed by atoms with E-state index in [1.807, 2.05) is 0 Å². The summed E-state index contributed by atoms with van der Waals surface area (Å²) < 4.78 is 48.6. The molecule has 0 N–H and O–H groups in total. The normalized spacial score (nSPS) is 24.7. The Bertz CT molecular complexity index is 1070. The minimum absolute atomic E-state index is 0.0349. The van der Waals surface area contributed by atoms with Gasteiger partial charge in [0.05, 0.1) is 6.61 Å². The molecule has 37 heavy (non-hydrogen) atoms. The van der Waals surface area contributed by atoms with Crippen molar-refractivity contribution in [1.82, 2.24) is 0 Å². The first-order valence-electron chi connectivity index (χ1n) is 14.2. The molecule has 0 aliphatic heterocycles. The molecule has 0 bridgehead atoms. The number of aryl methyl sites for hydroxylation is 1. The quantitative estimate of drug-likeness (QED) is 0.305. The molecule has 0 heterocycles. The fourth-order valence-corrected chi connectivity index (χ4v) is 6.36. The average Bonchev–Trinajstić information content (AvgIpc) is 2.91. The van der Waals surface area contributed by atoms with E-state index in [1.54, 1.807) is 19.1 Å². The van der Waals surface area contributed by atoms with Gasteiger partial charge in [0.1, 0.15) is 5.82 Å². The Morgan fingerprint density at radius 2 is 1.46 bits per heavy atom. The fraction of sp³-hybridized carbons (Fsp3) is 0.515. The zero-order valence-corrected chi connectivity index (χ0v) is 22.3. The lowest BCUT2D eigenvalue weighted by Crippen LogP contribution is -2.25. The van der Waals surface area contributed by atoms with Crippen molar-refractivity contribution in [1.29, 1.82) is 0 Å². The highest BCUT2D eigenvalue weighted by Crippen LogP contribution is 2.42. The summed E-state index contributed by atoms with van der Waals surface area (Å²) in [6.07, 6.45) is 21.2. The Hall–Kier alpha value is -2.49. The van der Waals surface area contributed by atoms with Crippen LogP contribution >= 0.6 is 0 Å². The first kappa shape index (κ1) is 27.5. The molecule has 2 aliphatic rings. The van der Waals surface area contributed by atoms with Gasteiger partial charge in [-0.2, -0.15) is 4.39 Å². The Kier molecular flexibility index (Phi) is 9.94. The van der Waals surface area contributed by atoms with Crippen molar-refractivity contribution in [3.63, 3.8) is 0 Å². The molecule has 2 aromatic rings. The molecule has 4 rings (SSSR count). The van der Waals surface area contributed by atoms with E-state index >= 15 is 0 Å². The molecule has 2 aliphatic carbocycles. The molecular weight excluding hydrogens is 469 g/mol. The van der Waals surface area contributed by atoms with Gasteiger partial charge in [-0.15, -0.1) is 0 Å². The summed E-state index contributed by atoms with van der Waals surface area (Å²) in [6.45, 7) is 4.08. The summed E-state index contributed by atoms with van der Waals surface area (Å²) in [5, 5.41) is 0. The van der Waals surface area contributed by atoms with Crippen molar-refractivity contribution in [2.45, 2.75) is 78.1 Å². The largest absolute Gasteiger partial charge is 0.491 e.